The van der Waals surface area contributed by atoms with E-state index in [2.05, 4.69) is 4.90 Å². The Morgan fingerprint density at radius 3 is 2.53 bits per heavy atom. The molecule has 0 spiro atoms. The molecule has 2 aliphatic rings. The maximum Gasteiger partial charge on any atom is 0.310 e. The SMILES string of the molecule is CC1CN(c2ccc(Cl)c(Cl)c2)CCN1S(=O)(=O)c1ccc2c(c1)C(C(=O)O)CC2. The monoisotopic (exact) mass is 468 g/mol. The highest BCUT2D eigenvalue weighted by atomic mass is 35.5. The number of nitrogens with zero attached hydrogens (tertiary/aromatic N) is 2. The fourth-order valence-corrected chi connectivity index (χ4v) is 6.29. The minimum atomic E-state index is -3.74. The van der Waals surface area contributed by atoms with E-state index >= 15 is 0 Å². The van der Waals surface area contributed by atoms with Crippen molar-refractivity contribution < 1.29 is 18.3 Å². The number of hydrogen-bond acceptors (Lipinski definition) is 4. The lowest BCUT2D eigenvalue weighted by Gasteiger charge is -2.40. The average molecular weight is 469 g/mol. The average Bonchev–Trinajstić information content (AvgIpc) is 3.13. The molecule has 1 aliphatic heterocycles. The number of halogens is 2. The van der Waals surface area contributed by atoms with Crippen molar-refractivity contribution in [1.29, 1.82) is 0 Å². The highest BCUT2D eigenvalue weighted by molar-refractivity contribution is 7.89. The maximum absolute atomic E-state index is 13.3. The molecule has 30 heavy (non-hydrogen) atoms. The van der Waals surface area contributed by atoms with Crippen LogP contribution in [-0.2, 0) is 21.2 Å². The molecule has 4 rings (SSSR count). The van der Waals surface area contributed by atoms with Crippen LogP contribution in [-0.4, -0.2) is 49.5 Å². The number of benzene rings is 2. The Balaban J connectivity index is 1.57. The summed E-state index contributed by atoms with van der Waals surface area (Å²) in [6.07, 6.45) is 1.16. The van der Waals surface area contributed by atoms with Crippen LogP contribution in [0.2, 0.25) is 10.0 Å². The zero-order valence-electron chi connectivity index (χ0n) is 16.4. The van der Waals surface area contributed by atoms with Crippen LogP contribution in [0.3, 0.4) is 0 Å². The number of anilines is 1. The van der Waals surface area contributed by atoms with Gasteiger partial charge in [-0.1, -0.05) is 29.3 Å². The van der Waals surface area contributed by atoms with E-state index in [4.69, 9.17) is 23.2 Å². The Morgan fingerprint density at radius 1 is 1.10 bits per heavy atom. The normalized spacial score (nSPS) is 22.2. The summed E-state index contributed by atoms with van der Waals surface area (Å²) < 4.78 is 28.2. The molecule has 1 saturated heterocycles. The lowest BCUT2D eigenvalue weighted by Crippen LogP contribution is -2.54. The van der Waals surface area contributed by atoms with E-state index in [9.17, 15) is 18.3 Å². The Morgan fingerprint density at radius 2 is 1.87 bits per heavy atom. The van der Waals surface area contributed by atoms with E-state index in [1.54, 1.807) is 30.3 Å². The zero-order chi connectivity index (χ0) is 21.6. The van der Waals surface area contributed by atoms with Gasteiger partial charge in [0.05, 0.1) is 20.9 Å². The summed E-state index contributed by atoms with van der Waals surface area (Å²) in [5, 5.41) is 10.4. The topological polar surface area (TPSA) is 77.9 Å². The van der Waals surface area contributed by atoms with Gasteiger partial charge in [-0.15, -0.1) is 0 Å². The fraction of sp³-hybridized carbons (Fsp3) is 0.381. The summed E-state index contributed by atoms with van der Waals surface area (Å²) in [5.74, 6) is -1.55. The summed E-state index contributed by atoms with van der Waals surface area (Å²) in [5.41, 5.74) is 2.43. The Bertz CT molecular complexity index is 1110. The van der Waals surface area contributed by atoms with Crippen LogP contribution >= 0.6 is 23.2 Å². The lowest BCUT2D eigenvalue weighted by molar-refractivity contribution is -0.138. The fourth-order valence-electron chi connectivity index (χ4n) is 4.35. The van der Waals surface area contributed by atoms with E-state index in [0.717, 1.165) is 11.3 Å². The van der Waals surface area contributed by atoms with Gasteiger partial charge in [0, 0.05) is 31.4 Å². The van der Waals surface area contributed by atoms with Crippen molar-refractivity contribution >= 4 is 44.9 Å². The van der Waals surface area contributed by atoms with Crippen molar-refractivity contribution in [2.24, 2.45) is 0 Å². The van der Waals surface area contributed by atoms with Gasteiger partial charge in [-0.2, -0.15) is 4.31 Å². The number of hydrogen-bond donors (Lipinski definition) is 1. The summed E-state index contributed by atoms with van der Waals surface area (Å²) in [6, 6.07) is 10.0. The Hall–Kier alpha value is -1.80. The van der Waals surface area contributed by atoms with Gasteiger partial charge in [-0.3, -0.25) is 4.79 Å². The second kappa shape index (κ2) is 8.04. The molecule has 2 atom stereocenters. The van der Waals surface area contributed by atoms with E-state index in [0.29, 0.717) is 48.1 Å². The highest BCUT2D eigenvalue weighted by Crippen LogP contribution is 2.36. The van der Waals surface area contributed by atoms with Crippen LogP contribution in [0.25, 0.3) is 0 Å². The highest BCUT2D eigenvalue weighted by Gasteiger charge is 2.36. The molecule has 2 unspecified atom stereocenters. The predicted molar refractivity (Wildman–Crippen MR) is 117 cm³/mol. The molecule has 2 aromatic rings. The number of fused-ring (bicyclic) bond motifs is 1. The van der Waals surface area contributed by atoms with Crippen LogP contribution in [0, 0.1) is 0 Å². The number of aliphatic carboxylic acids is 1. The van der Waals surface area contributed by atoms with Gasteiger partial charge < -0.3 is 10.0 Å². The first-order valence-corrected chi connectivity index (χ1v) is 12.0. The van der Waals surface area contributed by atoms with E-state index in [-0.39, 0.29) is 10.9 Å². The molecule has 1 heterocycles. The number of carbonyl (C=O) groups is 1. The number of sulfonamides is 1. The smallest absolute Gasteiger partial charge is 0.310 e. The first-order valence-electron chi connectivity index (χ1n) is 9.76. The van der Waals surface area contributed by atoms with Crippen molar-refractivity contribution in [2.75, 3.05) is 24.5 Å². The number of carboxylic acid groups (broad SMARTS) is 1. The molecular weight excluding hydrogens is 447 g/mol. The van der Waals surface area contributed by atoms with Crippen LogP contribution in [0.5, 0.6) is 0 Å². The molecule has 0 saturated carbocycles. The first-order chi connectivity index (χ1) is 14.2. The third-order valence-electron chi connectivity index (χ3n) is 5.93. The van der Waals surface area contributed by atoms with Gasteiger partial charge in [0.1, 0.15) is 0 Å². The van der Waals surface area contributed by atoms with E-state index in [1.807, 2.05) is 13.0 Å². The third kappa shape index (κ3) is 3.80. The molecule has 0 bridgehead atoms. The second-order valence-corrected chi connectivity index (χ2v) is 10.5. The molecule has 160 valence electrons. The number of piperazine rings is 1. The zero-order valence-corrected chi connectivity index (χ0v) is 18.7. The summed E-state index contributed by atoms with van der Waals surface area (Å²) in [7, 11) is -3.74. The molecule has 0 radical (unpaired) electrons. The number of carboxylic acids is 1. The minimum absolute atomic E-state index is 0.157. The molecule has 0 aromatic heterocycles. The summed E-state index contributed by atoms with van der Waals surface area (Å²) >= 11 is 12.1. The van der Waals surface area contributed by atoms with Crippen molar-refractivity contribution in [3.63, 3.8) is 0 Å². The van der Waals surface area contributed by atoms with Gasteiger partial charge in [-0.25, -0.2) is 8.42 Å². The van der Waals surface area contributed by atoms with Crippen LogP contribution in [0.15, 0.2) is 41.3 Å². The van der Waals surface area contributed by atoms with Crippen molar-refractivity contribution in [3.8, 4) is 0 Å². The van der Waals surface area contributed by atoms with E-state index in [1.165, 1.54) is 4.31 Å². The maximum atomic E-state index is 13.3. The Kier molecular flexibility index (Phi) is 5.74. The van der Waals surface area contributed by atoms with E-state index < -0.39 is 21.9 Å². The Labute approximate surface area is 186 Å². The van der Waals surface area contributed by atoms with Gasteiger partial charge in [0.2, 0.25) is 10.0 Å². The molecule has 1 N–H and O–H groups in total. The number of aryl methyl sites for hydroxylation is 1. The second-order valence-electron chi connectivity index (χ2n) is 7.80. The van der Waals surface area contributed by atoms with Crippen molar-refractivity contribution in [1.82, 2.24) is 4.31 Å². The molecule has 6 nitrogen and oxygen atoms in total. The molecule has 1 fully saturated rings. The van der Waals surface area contributed by atoms with Gasteiger partial charge in [-0.05, 0) is 61.2 Å². The minimum Gasteiger partial charge on any atom is -0.481 e. The molecular formula is C21H22Cl2N2O4S. The number of rotatable bonds is 4. The predicted octanol–water partition coefficient (Wildman–Crippen LogP) is 4.01. The largest absolute Gasteiger partial charge is 0.481 e. The first kappa shape index (κ1) is 21.4. The van der Waals surface area contributed by atoms with Gasteiger partial charge in [0.15, 0.2) is 0 Å². The van der Waals surface area contributed by atoms with Crippen LogP contribution < -0.4 is 4.90 Å². The summed E-state index contributed by atoms with van der Waals surface area (Å²) in [4.78, 5) is 13.8. The standard InChI is InChI=1S/C21H22Cl2N2O4S/c1-13-12-24(15-4-7-19(22)20(23)10-15)8-9-25(13)30(28,29)16-5-2-14-3-6-17(21(26)27)18(14)11-16/h2,4-5,7,10-11,13,17H,3,6,8-9,12H2,1H3,(H,26,27). The van der Waals surface area contributed by atoms with Crippen molar-refractivity contribution in [3.05, 3.63) is 57.6 Å². The van der Waals surface area contributed by atoms with Gasteiger partial charge >= 0.3 is 5.97 Å². The summed E-state index contributed by atoms with van der Waals surface area (Å²) in [6.45, 7) is 3.22. The molecule has 9 heteroatoms. The third-order valence-corrected chi connectivity index (χ3v) is 8.68. The molecule has 1 aliphatic carbocycles. The van der Waals surface area contributed by atoms with Gasteiger partial charge in [0.25, 0.3) is 0 Å². The quantitative estimate of drug-likeness (QED) is 0.733. The van der Waals surface area contributed by atoms with Crippen LogP contribution in [0.1, 0.15) is 30.4 Å². The van der Waals surface area contributed by atoms with Crippen LogP contribution in [0.4, 0.5) is 5.69 Å². The lowest BCUT2D eigenvalue weighted by atomic mass is 10.0. The molecule has 0 amide bonds. The molecule has 2 aromatic carbocycles. The van der Waals surface area contributed by atoms with Crippen molar-refractivity contribution in [2.45, 2.75) is 36.6 Å².